The molecule has 1 saturated carbocycles. The first kappa shape index (κ1) is 8.44. The Balaban J connectivity index is 2.11. The molecule has 0 aromatic rings. The minimum absolute atomic E-state index is 0.172. The van der Waals surface area contributed by atoms with E-state index < -0.39 is 18.3 Å². The van der Waals surface area contributed by atoms with E-state index in [2.05, 4.69) is 5.32 Å². The van der Waals surface area contributed by atoms with E-state index in [0.717, 1.165) is 12.8 Å². The summed E-state index contributed by atoms with van der Waals surface area (Å²) >= 11 is 0. The zero-order valence-electron chi connectivity index (χ0n) is 6.85. The normalized spacial score (nSPS) is 53.8. The number of fused-ring (bicyclic) bond motifs is 1. The minimum Gasteiger partial charge on any atom is -0.393 e. The zero-order valence-corrected chi connectivity index (χ0v) is 6.85. The Bertz CT molecular complexity index is 176. The van der Waals surface area contributed by atoms with Crippen molar-refractivity contribution in [3.05, 3.63) is 0 Å². The fourth-order valence-electron chi connectivity index (χ4n) is 2.36. The Morgan fingerprint density at radius 1 is 1.00 bits per heavy atom. The van der Waals surface area contributed by atoms with Gasteiger partial charge in [0, 0.05) is 18.5 Å². The Morgan fingerprint density at radius 3 is 2.50 bits per heavy atom. The number of nitrogens with one attached hydrogen (secondary N) is 1. The molecule has 1 heterocycles. The van der Waals surface area contributed by atoms with Gasteiger partial charge in [-0.25, -0.2) is 0 Å². The lowest BCUT2D eigenvalue weighted by molar-refractivity contribution is -0.0735. The molecule has 0 amide bonds. The molecule has 0 bridgehead atoms. The van der Waals surface area contributed by atoms with Gasteiger partial charge in [-0.3, -0.25) is 0 Å². The van der Waals surface area contributed by atoms with E-state index >= 15 is 0 Å². The van der Waals surface area contributed by atoms with Crippen LogP contribution in [-0.2, 0) is 0 Å². The number of hydrogen-bond donors (Lipinski definition) is 4. The third-order valence-electron chi connectivity index (χ3n) is 3.06. The quantitative estimate of drug-likeness (QED) is 0.358. The molecule has 70 valence electrons. The molecule has 0 aromatic heterocycles. The second kappa shape index (κ2) is 2.96. The summed E-state index contributed by atoms with van der Waals surface area (Å²) in [4.78, 5) is 0. The van der Waals surface area contributed by atoms with Crippen molar-refractivity contribution in [1.29, 1.82) is 0 Å². The van der Waals surface area contributed by atoms with E-state index in [0.29, 0.717) is 6.54 Å². The molecule has 1 aliphatic carbocycles. The highest BCUT2D eigenvalue weighted by atomic mass is 16.3. The first-order valence-electron chi connectivity index (χ1n) is 4.47. The molecule has 0 spiro atoms. The number of hydrogen-bond acceptors (Lipinski definition) is 4. The topological polar surface area (TPSA) is 72.7 Å². The van der Waals surface area contributed by atoms with E-state index in [9.17, 15) is 15.3 Å². The van der Waals surface area contributed by atoms with E-state index in [4.69, 9.17) is 0 Å². The first-order chi connectivity index (χ1) is 5.70. The maximum Gasteiger partial charge on any atom is 0.0927 e. The predicted octanol–water partition coefficient (Wildman–Crippen LogP) is -1.55. The number of piperidine rings is 1. The largest absolute Gasteiger partial charge is 0.393 e. The number of aliphatic hydroxyl groups excluding tert-OH is 3. The Kier molecular flexibility index (Phi) is 2.08. The molecular formula is C8H15NO3. The lowest BCUT2D eigenvalue weighted by Crippen LogP contribution is -2.56. The van der Waals surface area contributed by atoms with Crippen molar-refractivity contribution < 1.29 is 15.3 Å². The van der Waals surface area contributed by atoms with Crippen LogP contribution in [0.2, 0.25) is 0 Å². The standard InChI is InChI=1S/C8H15NO3/c10-5-2-1-4-7(5)8(12)6(11)3-9-4/h4-12H,1-3H2/t4-,5-,6-,7-,8-/m0/s1. The van der Waals surface area contributed by atoms with Crippen LogP contribution in [0.5, 0.6) is 0 Å². The molecule has 12 heavy (non-hydrogen) atoms. The lowest BCUT2D eigenvalue weighted by Gasteiger charge is -2.36. The van der Waals surface area contributed by atoms with Gasteiger partial charge in [0.05, 0.1) is 18.3 Å². The summed E-state index contributed by atoms with van der Waals surface area (Å²) in [5.41, 5.74) is 0. The summed E-state index contributed by atoms with van der Waals surface area (Å²) in [5, 5.41) is 31.5. The van der Waals surface area contributed by atoms with Crippen molar-refractivity contribution in [3.63, 3.8) is 0 Å². The van der Waals surface area contributed by atoms with Crippen molar-refractivity contribution in [1.82, 2.24) is 5.32 Å². The molecule has 1 aliphatic heterocycles. The van der Waals surface area contributed by atoms with E-state index in [-0.39, 0.29) is 12.0 Å². The van der Waals surface area contributed by atoms with Crippen LogP contribution in [0.1, 0.15) is 12.8 Å². The maximum atomic E-state index is 9.57. The van der Waals surface area contributed by atoms with Crippen LogP contribution in [0, 0.1) is 5.92 Å². The van der Waals surface area contributed by atoms with E-state index in [1.807, 2.05) is 0 Å². The number of β-amino-alcohol motifs (C(OH)–C–C–N with tert-alkyl or cyclic N) is 1. The van der Waals surface area contributed by atoms with Gasteiger partial charge in [-0.05, 0) is 12.8 Å². The molecule has 4 nitrogen and oxygen atoms in total. The van der Waals surface area contributed by atoms with Crippen molar-refractivity contribution in [2.45, 2.75) is 37.2 Å². The SMILES string of the molecule is O[C@@H]1[C@H]2[C@H](CC[C@@H]2O)NC[C@@H]1O. The number of aliphatic hydroxyl groups is 3. The Hall–Kier alpha value is -0.160. The predicted molar refractivity (Wildman–Crippen MR) is 42.5 cm³/mol. The Labute approximate surface area is 71.2 Å². The van der Waals surface area contributed by atoms with Gasteiger partial charge >= 0.3 is 0 Å². The van der Waals surface area contributed by atoms with Gasteiger partial charge in [0.1, 0.15) is 0 Å². The van der Waals surface area contributed by atoms with Crippen LogP contribution in [0.3, 0.4) is 0 Å². The van der Waals surface area contributed by atoms with Crippen LogP contribution >= 0.6 is 0 Å². The summed E-state index contributed by atoms with van der Waals surface area (Å²) in [6, 6.07) is 0.193. The van der Waals surface area contributed by atoms with Crippen molar-refractivity contribution in [2.24, 2.45) is 5.92 Å². The number of rotatable bonds is 0. The second-order valence-electron chi connectivity index (χ2n) is 3.79. The van der Waals surface area contributed by atoms with Gasteiger partial charge in [0.25, 0.3) is 0 Å². The van der Waals surface area contributed by atoms with Gasteiger partial charge in [-0.2, -0.15) is 0 Å². The van der Waals surface area contributed by atoms with Gasteiger partial charge in [0.2, 0.25) is 0 Å². The summed E-state index contributed by atoms with van der Waals surface area (Å²) in [6.07, 6.45) is -0.304. The zero-order chi connectivity index (χ0) is 8.72. The summed E-state index contributed by atoms with van der Waals surface area (Å²) in [5.74, 6) is -0.172. The Morgan fingerprint density at radius 2 is 1.75 bits per heavy atom. The van der Waals surface area contributed by atoms with Crippen LogP contribution < -0.4 is 5.32 Å². The van der Waals surface area contributed by atoms with Gasteiger partial charge < -0.3 is 20.6 Å². The average molecular weight is 173 g/mol. The molecule has 0 radical (unpaired) electrons. The molecular weight excluding hydrogens is 158 g/mol. The highest BCUT2D eigenvalue weighted by Gasteiger charge is 2.45. The van der Waals surface area contributed by atoms with Gasteiger partial charge in [0.15, 0.2) is 0 Å². The monoisotopic (exact) mass is 173 g/mol. The maximum absolute atomic E-state index is 9.57. The average Bonchev–Trinajstić information content (AvgIpc) is 2.41. The van der Waals surface area contributed by atoms with Crippen LogP contribution in [0.15, 0.2) is 0 Å². The van der Waals surface area contributed by atoms with Gasteiger partial charge in [-0.15, -0.1) is 0 Å². The molecule has 2 fully saturated rings. The van der Waals surface area contributed by atoms with Crippen LogP contribution in [-0.4, -0.2) is 46.2 Å². The van der Waals surface area contributed by atoms with Crippen molar-refractivity contribution >= 4 is 0 Å². The molecule has 0 unspecified atom stereocenters. The van der Waals surface area contributed by atoms with Crippen LogP contribution in [0.4, 0.5) is 0 Å². The molecule has 2 aliphatic rings. The first-order valence-corrected chi connectivity index (χ1v) is 4.47. The second-order valence-corrected chi connectivity index (χ2v) is 3.79. The molecule has 2 rings (SSSR count). The molecule has 4 heteroatoms. The highest BCUT2D eigenvalue weighted by molar-refractivity contribution is 4.99. The fourth-order valence-corrected chi connectivity index (χ4v) is 2.36. The van der Waals surface area contributed by atoms with Crippen molar-refractivity contribution in [3.8, 4) is 0 Å². The third kappa shape index (κ3) is 1.15. The smallest absolute Gasteiger partial charge is 0.0927 e. The third-order valence-corrected chi connectivity index (χ3v) is 3.06. The minimum atomic E-state index is -0.756. The summed E-state index contributed by atoms with van der Waals surface area (Å²) in [6.45, 7) is 0.440. The van der Waals surface area contributed by atoms with Crippen LogP contribution in [0.25, 0.3) is 0 Å². The van der Waals surface area contributed by atoms with Crippen molar-refractivity contribution in [2.75, 3.05) is 6.54 Å². The molecule has 1 saturated heterocycles. The highest BCUT2D eigenvalue weighted by Crippen LogP contribution is 2.32. The lowest BCUT2D eigenvalue weighted by atomic mass is 9.88. The fraction of sp³-hybridized carbons (Fsp3) is 1.00. The molecule has 0 aromatic carbocycles. The molecule has 5 atom stereocenters. The van der Waals surface area contributed by atoms with E-state index in [1.54, 1.807) is 0 Å². The van der Waals surface area contributed by atoms with E-state index in [1.165, 1.54) is 0 Å². The van der Waals surface area contributed by atoms with Gasteiger partial charge in [-0.1, -0.05) is 0 Å². The summed E-state index contributed by atoms with van der Waals surface area (Å²) in [7, 11) is 0. The summed E-state index contributed by atoms with van der Waals surface area (Å²) < 4.78 is 0. The molecule has 4 N–H and O–H groups in total.